The molecule has 0 bridgehead atoms. The average molecular weight is 285 g/mol. The molecule has 0 aliphatic rings. The lowest BCUT2D eigenvalue weighted by Gasteiger charge is -2.10. The van der Waals surface area contributed by atoms with E-state index < -0.39 is 6.03 Å². The van der Waals surface area contributed by atoms with Crippen LogP contribution in [-0.2, 0) is 6.54 Å². The van der Waals surface area contributed by atoms with Crippen LogP contribution >= 0.6 is 0 Å². The smallest absolute Gasteiger partial charge is 0.316 e. The fourth-order valence-electron chi connectivity index (χ4n) is 1.97. The Morgan fingerprint density at radius 2 is 1.90 bits per heavy atom. The zero-order valence-corrected chi connectivity index (χ0v) is 11.9. The van der Waals surface area contributed by atoms with Gasteiger partial charge in [0.05, 0.1) is 6.61 Å². The molecule has 2 aromatic carbocycles. The van der Waals surface area contributed by atoms with E-state index in [0.29, 0.717) is 18.8 Å². The van der Waals surface area contributed by atoms with Crippen LogP contribution in [0.15, 0.2) is 48.5 Å². The third kappa shape index (κ3) is 4.72. The number of primary amides is 1. The van der Waals surface area contributed by atoms with Crippen LogP contribution in [0.4, 0.5) is 16.2 Å². The molecule has 0 atom stereocenters. The predicted octanol–water partition coefficient (Wildman–Crippen LogP) is 3.19. The molecule has 0 spiro atoms. The maximum Gasteiger partial charge on any atom is 0.316 e. The summed E-state index contributed by atoms with van der Waals surface area (Å²) in [5.41, 5.74) is 7.79. The van der Waals surface area contributed by atoms with Crippen LogP contribution in [0.1, 0.15) is 12.5 Å². The van der Waals surface area contributed by atoms with E-state index in [1.165, 1.54) is 0 Å². The summed E-state index contributed by atoms with van der Waals surface area (Å²) in [6.07, 6.45) is 0. The summed E-state index contributed by atoms with van der Waals surface area (Å²) in [7, 11) is 0. The number of benzene rings is 2. The second kappa shape index (κ2) is 7.19. The van der Waals surface area contributed by atoms with E-state index in [1.54, 1.807) is 6.07 Å². The summed E-state index contributed by atoms with van der Waals surface area (Å²) in [4.78, 5) is 10.8. The number of nitrogens with one attached hydrogen (secondary N) is 2. The Balaban J connectivity index is 1.99. The predicted molar refractivity (Wildman–Crippen MR) is 84.6 cm³/mol. The summed E-state index contributed by atoms with van der Waals surface area (Å²) in [5, 5.41) is 5.84. The van der Waals surface area contributed by atoms with Crippen molar-refractivity contribution < 1.29 is 9.53 Å². The Morgan fingerprint density at radius 3 is 2.67 bits per heavy atom. The molecule has 0 radical (unpaired) electrons. The summed E-state index contributed by atoms with van der Waals surface area (Å²) < 4.78 is 5.47. The van der Waals surface area contributed by atoms with Gasteiger partial charge in [0.1, 0.15) is 5.75 Å². The van der Waals surface area contributed by atoms with Gasteiger partial charge in [-0.05, 0) is 42.8 Å². The molecule has 2 aromatic rings. The van der Waals surface area contributed by atoms with E-state index >= 15 is 0 Å². The van der Waals surface area contributed by atoms with Crippen LogP contribution in [0.3, 0.4) is 0 Å². The molecule has 2 amide bonds. The Labute approximate surface area is 124 Å². The first-order chi connectivity index (χ1) is 10.2. The minimum Gasteiger partial charge on any atom is -0.494 e. The van der Waals surface area contributed by atoms with Crippen molar-refractivity contribution in [2.45, 2.75) is 13.5 Å². The second-order valence-corrected chi connectivity index (χ2v) is 4.50. The molecule has 0 aliphatic heterocycles. The molecule has 5 heteroatoms. The third-order valence-electron chi connectivity index (χ3n) is 2.84. The van der Waals surface area contributed by atoms with Crippen molar-refractivity contribution in [1.82, 2.24) is 0 Å². The van der Waals surface area contributed by atoms with Crippen molar-refractivity contribution in [3.8, 4) is 5.75 Å². The third-order valence-corrected chi connectivity index (χ3v) is 2.84. The fourth-order valence-corrected chi connectivity index (χ4v) is 1.97. The number of urea groups is 1. The number of carbonyl (C=O) groups excluding carboxylic acids is 1. The summed E-state index contributed by atoms with van der Waals surface area (Å²) in [6.45, 7) is 3.28. The van der Waals surface area contributed by atoms with Gasteiger partial charge in [0.25, 0.3) is 0 Å². The van der Waals surface area contributed by atoms with Crippen molar-refractivity contribution in [2.24, 2.45) is 5.73 Å². The first-order valence-electron chi connectivity index (χ1n) is 6.79. The number of ether oxygens (including phenoxy) is 1. The van der Waals surface area contributed by atoms with Crippen molar-refractivity contribution in [3.63, 3.8) is 0 Å². The van der Waals surface area contributed by atoms with Gasteiger partial charge in [-0.2, -0.15) is 0 Å². The Morgan fingerprint density at radius 1 is 1.14 bits per heavy atom. The topological polar surface area (TPSA) is 76.4 Å². The zero-order valence-electron chi connectivity index (χ0n) is 11.9. The highest BCUT2D eigenvalue weighted by atomic mass is 16.5. The normalized spacial score (nSPS) is 9.95. The van der Waals surface area contributed by atoms with Crippen LogP contribution in [0, 0.1) is 0 Å². The largest absolute Gasteiger partial charge is 0.494 e. The van der Waals surface area contributed by atoms with Crippen LogP contribution < -0.4 is 21.1 Å². The van der Waals surface area contributed by atoms with E-state index in [2.05, 4.69) is 10.6 Å². The van der Waals surface area contributed by atoms with Gasteiger partial charge >= 0.3 is 6.03 Å². The molecule has 0 saturated carbocycles. The molecular formula is C16H19N3O2. The molecule has 5 nitrogen and oxygen atoms in total. The molecule has 110 valence electrons. The average Bonchev–Trinajstić information content (AvgIpc) is 2.46. The fraction of sp³-hybridized carbons (Fsp3) is 0.188. The molecule has 21 heavy (non-hydrogen) atoms. The number of hydrogen-bond acceptors (Lipinski definition) is 3. The second-order valence-electron chi connectivity index (χ2n) is 4.50. The maximum absolute atomic E-state index is 10.8. The molecule has 0 heterocycles. The molecule has 0 unspecified atom stereocenters. The minimum atomic E-state index is -0.573. The molecule has 4 N–H and O–H groups in total. The first kappa shape index (κ1) is 14.7. The number of hydrogen-bond donors (Lipinski definition) is 3. The van der Waals surface area contributed by atoms with Crippen molar-refractivity contribution in [1.29, 1.82) is 0 Å². The van der Waals surface area contributed by atoms with E-state index in [9.17, 15) is 4.79 Å². The first-order valence-corrected chi connectivity index (χ1v) is 6.79. The van der Waals surface area contributed by atoms with Gasteiger partial charge < -0.3 is 21.1 Å². The van der Waals surface area contributed by atoms with Crippen LogP contribution in [-0.4, -0.2) is 12.6 Å². The number of nitrogens with two attached hydrogens (primary N) is 1. The lowest BCUT2D eigenvalue weighted by Crippen LogP contribution is -2.19. The van der Waals surface area contributed by atoms with E-state index in [-0.39, 0.29) is 0 Å². The maximum atomic E-state index is 10.8. The Kier molecular flexibility index (Phi) is 5.04. The van der Waals surface area contributed by atoms with Gasteiger partial charge in [0, 0.05) is 17.9 Å². The van der Waals surface area contributed by atoms with Gasteiger partial charge in [-0.1, -0.05) is 18.2 Å². The lowest BCUT2D eigenvalue weighted by molar-refractivity contribution is 0.259. The Hall–Kier alpha value is -2.69. The van der Waals surface area contributed by atoms with Gasteiger partial charge in [-0.3, -0.25) is 0 Å². The quantitative estimate of drug-likeness (QED) is 0.763. The van der Waals surface area contributed by atoms with Crippen molar-refractivity contribution >= 4 is 17.4 Å². The summed E-state index contributed by atoms with van der Waals surface area (Å²) >= 11 is 0. The highest BCUT2D eigenvalue weighted by molar-refractivity contribution is 5.88. The molecule has 0 aromatic heterocycles. The zero-order chi connectivity index (χ0) is 15.1. The van der Waals surface area contributed by atoms with E-state index in [1.807, 2.05) is 49.4 Å². The highest BCUT2D eigenvalue weighted by Gasteiger charge is 2.00. The number of rotatable bonds is 6. The minimum absolute atomic E-state index is 0.573. The molecule has 0 fully saturated rings. The van der Waals surface area contributed by atoms with Gasteiger partial charge in [0.2, 0.25) is 0 Å². The molecule has 0 saturated heterocycles. The lowest BCUT2D eigenvalue weighted by atomic mass is 10.2. The van der Waals surface area contributed by atoms with Crippen LogP contribution in [0.5, 0.6) is 5.75 Å². The number of anilines is 2. The summed E-state index contributed by atoms with van der Waals surface area (Å²) in [5.74, 6) is 0.862. The SMILES string of the molecule is CCOc1cccc(CNc2cccc(NC(N)=O)c2)c1. The van der Waals surface area contributed by atoms with Crippen molar-refractivity contribution in [2.75, 3.05) is 17.2 Å². The molecule has 2 rings (SSSR count). The van der Waals surface area contributed by atoms with E-state index in [4.69, 9.17) is 10.5 Å². The van der Waals surface area contributed by atoms with Gasteiger partial charge in [-0.15, -0.1) is 0 Å². The van der Waals surface area contributed by atoms with Crippen LogP contribution in [0.2, 0.25) is 0 Å². The number of amides is 2. The molecule has 0 aliphatic carbocycles. The summed E-state index contributed by atoms with van der Waals surface area (Å²) in [6, 6.07) is 14.8. The molecular weight excluding hydrogens is 266 g/mol. The van der Waals surface area contributed by atoms with Crippen molar-refractivity contribution in [3.05, 3.63) is 54.1 Å². The number of carbonyl (C=O) groups is 1. The van der Waals surface area contributed by atoms with E-state index in [0.717, 1.165) is 17.0 Å². The highest BCUT2D eigenvalue weighted by Crippen LogP contribution is 2.18. The van der Waals surface area contributed by atoms with Gasteiger partial charge in [-0.25, -0.2) is 4.79 Å². The van der Waals surface area contributed by atoms with Gasteiger partial charge in [0.15, 0.2) is 0 Å². The van der Waals surface area contributed by atoms with Crippen LogP contribution in [0.25, 0.3) is 0 Å². The Bertz CT molecular complexity index is 614. The monoisotopic (exact) mass is 285 g/mol. The standard InChI is InChI=1S/C16H19N3O2/c1-2-21-15-8-3-5-12(9-15)11-18-13-6-4-7-14(10-13)19-16(17)20/h3-10,18H,2,11H2,1H3,(H3,17,19,20).